The predicted molar refractivity (Wildman–Crippen MR) is 115 cm³/mol. The number of hydrogen-bond donors (Lipinski definition) is 1. The summed E-state index contributed by atoms with van der Waals surface area (Å²) < 4.78 is 38.9. The monoisotopic (exact) mass is 439 g/mol. The first kappa shape index (κ1) is 20.7. The minimum atomic E-state index is -3.82. The number of carbonyl (C=O) groups excluding carboxylic acids is 1. The van der Waals surface area contributed by atoms with Crippen LogP contribution in [0.4, 0.5) is 5.69 Å². The lowest BCUT2D eigenvalue weighted by Gasteiger charge is -2.19. The van der Waals surface area contributed by atoms with E-state index in [9.17, 15) is 13.2 Å². The Morgan fingerprint density at radius 1 is 1.00 bits per heavy atom. The summed E-state index contributed by atoms with van der Waals surface area (Å²) in [4.78, 5) is 18.3. The van der Waals surface area contributed by atoms with Gasteiger partial charge in [-0.2, -0.15) is 0 Å². The molecule has 1 amide bonds. The maximum atomic E-state index is 12.7. The van der Waals surface area contributed by atoms with Crippen LogP contribution < -0.4 is 14.2 Å². The van der Waals surface area contributed by atoms with Crippen LogP contribution in [0.1, 0.15) is 15.9 Å². The molecule has 0 atom stereocenters. The summed E-state index contributed by atoms with van der Waals surface area (Å²) in [5, 5.41) is 0. The van der Waals surface area contributed by atoms with E-state index in [-0.39, 0.29) is 10.8 Å². The lowest BCUT2D eigenvalue weighted by atomic mass is 10.1. The number of amides is 1. The number of hydrogen-bond acceptors (Lipinski definition) is 6. The highest BCUT2D eigenvalue weighted by atomic mass is 32.2. The largest absolute Gasteiger partial charge is 0.486 e. The third-order valence-corrected chi connectivity index (χ3v) is 6.10. The second-order valence-corrected chi connectivity index (χ2v) is 8.69. The van der Waals surface area contributed by atoms with Crippen LogP contribution in [0.2, 0.25) is 0 Å². The molecule has 4 rings (SSSR count). The molecule has 2 aromatic carbocycles. The lowest BCUT2D eigenvalue weighted by Crippen LogP contribution is -2.26. The molecule has 9 heteroatoms. The Kier molecular flexibility index (Phi) is 5.77. The zero-order valence-electron chi connectivity index (χ0n) is 16.8. The van der Waals surface area contributed by atoms with Crippen molar-refractivity contribution in [3.05, 3.63) is 78.1 Å². The van der Waals surface area contributed by atoms with Gasteiger partial charge < -0.3 is 14.4 Å². The Morgan fingerprint density at radius 2 is 1.68 bits per heavy atom. The maximum Gasteiger partial charge on any atom is 0.262 e. The summed E-state index contributed by atoms with van der Waals surface area (Å²) in [6.07, 6.45) is 3.35. The molecule has 1 aliphatic heterocycles. The summed E-state index contributed by atoms with van der Waals surface area (Å²) in [7, 11) is -2.11. The van der Waals surface area contributed by atoms with E-state index in [1.165, 1.54) is 12.1 Å². The van der Waals surface area contributed by atoms with Gasteiger partial charge in [-0.3, -0.25) is 14.5 Å². The van der Waals surface area contributed by atoms with Gasteiger partial charge in [0.15, 0.2) is 11.5 Å². The third-order valence-electron chi connectivity index (χ3n) is 4.72. The molecule has 0 radical (unpaired) electrons. The number of fused-ring (bicyclic) bond motifs is 1. The van der Waals surface area contributed by atoms with Crippen LogP contribution in [0.25, 0.3) is 0 Å². The summed E-state index contributed by atoms with van der Waals surface area (Å²) in [6.45, 7) is 1.25. The van der Waals surface area contributed by atoms with Crippen molar-refractivity contribution in [2.45, 2.75) is 11.4 Å². The molecule has 31 heavy (non-hydrogen) atoms. The highest BCUT2D eigenvalue weighted by Gasteiger charge is 2.20. The molecule has 0 bridgehead atoms. The number of anilines is 1. The predicted octanol–water partition coefficient (Wildman–Crippen LogP) is 2.93. The van der Waals surface area contributed by atoms with Gasteiger partial charge in [-0.25, -0.2) is 8.42 Å². The van der Waals surface area contributed by atoms with Crippen molar-refractivity contribution < 1.29 is 22.7 Å². The standard InChI is InChI=1S/C22H21N3O5S/c1-25(15-16-8-10-23-11-9-16)22(26)17-2-4-18(5-3-17)24-31(27,28)19-6-7-20-21(14-19)30-13-12-29-20/h2-11,14,24H,12-13,15H2,1H3. The van der Waals surface area contributed by atoms with Crippen LogP contribution >= 0.6 is 0 Å². The van der Waals surface area contributed by atoms with Gasteiger partial charge in [0.2, 0.25) is 0 Å². The first-order chi connectivity index (χ1) is 14.9. The second-order valence-electron chi connectivity index (χ2n) is 7.00. The van der Waals surface area contributed by atoms with E-state index in [2.05, 4.69) is 9.71 Å². The second kappa shape index (κ2) is 8.65. The van der Waals surface area contributed by atoms with E-state index in [1.54, 1.807) is 54.7 Å². The summed E-state index contributed by atoms with van der Waals surface area (Å²) in [5.41, 5.74) is 1.77. The van der Waals surface area contributed by atoms with Gasteiger partial charge >= 0.3 is 0 Å². The molecule has 0 aliphatic carbocycles. The molecule has 3 aromatic rings. The number of sulfonamides is 1. The first-order valence-electron chi connectivity index (χ1n) is 9.59. The van der Waals surface area contributed by atoms with Gasteiger partial charge in [0.1, 0.15) is 13.2 Å². The Labute approximate surface area is 180 Å². The molecule has 1 N–H and O–H groups in total. The molecule has 160 valence electrons. The molecule has 0 unspecified atom stereocenters. The molecule has 2 heterocycles. The van der Waals surface area contributed by atoms with Gasteiger partial charge in [-0.1, -0.05) is 0 Å². The normalized spacial score (nSPS) is 12.8. The van der Waals surface area contributed by atoms with Crippen LogP contribution in [0.15, 0.2) is 71.9 Å². The molecule has 0 saturated carbocycles. The topological polar surface area (TPSA) is 97.8 Å². The molecule has 1 aromatic heterocycles. The highest BCUT2D eigenvalue weighted by molar-refractivity contribution is 7.92. The lowest BCUT2D eigenvalue weighted by molar-refractivity contribution is 0.0785. The average molecular weight is 439 g/mol. The molecule has 1 aliphatic rings. The number of nitrogens with one attached hydrogen (secondary N) is 1. The van der Waals surface area contributed by atoms with E-state index in [4.69, 9.17) is 9.47 Å². The van der Waals surface area contributed by atoms with E-state index in [0.717, 1.165) is 5.56 Å². The minimum Gasteiger partial charge on any atom is -0.486 e. The summed E-state index contributed by atoms with van der Waals surface area (Å²) >= 11 is 0. The molecular formula is C22H21N3O5S. The van der Waals surface area contributed by atoms with Crippen molar-refractivity contribution in [1.82, 2.24) is 9.88 Å². The SMILES string of the molecule is CN(Cc1ccncc1)C(=O)c1ccc(NS(=O)(=O)c2ccc3c(c2)OCCO3)cc1. The number of nitrogens with zero attached hydrogens (tertiary/aromatic N) is 2. The van der Waals surface area contributed by atoms with E-state index in [0.29, 0.717) is 42.5 Å². The van der Waals surface area contributed by atoms with Gasteiger partial charge in [-0.15, -0.1) is 0 Å². The van der Waals surface area contributed by atoms with E-state index >= 15 is 0 Å². The van der Waals surface area contributed by atoms with Crippen molar-refractivity contribution >= 4 is 21.6 Å². The number of ether oxygens (including phenoxy) is 2. The van der Waals surface area contributed by atoms with Crippen LogP contribution in [-0.2, 0) is 16.6 Å². The van der Waals surface area contributed by atoms with Crippen LogP contribution in [0, 0.1) is 0 Å². The van der Waals surface area contributed by atoms with Gasteiger partial charge in [0.05, 0.1) is 4.90 Å². The number of aromatic nitrogens is 1. The maximum absolute atomic E-state index is 12.7. The van der Waals surface area contributed by atoms with Crippen LogP contribution in [-0.4, -0.2) is 44.5 Å². The fourth-order valence-electron chi connectivity index (χ4n) is 3.14. The fraction of sp³-hybridized carbons (Fsp3) is 0.182. The number of rotatable bonds is 6. The van der Waals surface area contributed by atoms with Gasteiger partial charge in [0.25, 0.3) is 15.9 Å². The average Bonchev–Trinajstić information content (AvgIpc) is 2.79. The van der Waals surface area contributed by atoms with Crippen LogP contribution in [0.3, 0.4) is 0 Å². The Hall–Kier alpha value is -3.59. The Bertz CT molecular complexity index is 1180. The van der Waals surface area contributed by atoms with E-state index in [1.807, 2.05) is 12.1 Å². The zero-order chi connectivity index (χ0) is 21.8. The number of pyridine rings is 1. The molecule has 8 nitrogen and oxygen atoms in total. The highest BCUT2D eigenvalue weighted by Crippen LogP contribution is 2.32. The quantitative estimate of drug-likeness (QED) is 0.634. The van der Waals surface area contributed by atoms with Crippen molar-refractivity contribution in [2.75, 3.05) is 25.0 Å². The fourth-order valence-corrected chi connectivity index (χ4v) is 4.21. The summed E-state index contributed by atoms with van der Waals surface area (Å²) in [5.74, 6) is 0.745. The van der Waals surface area contributed by atoms with Gasteiger partial charge in [-0.05, 0) is 54.1 Å². The van der Waals surface area contributed by atoms with Crippen molar-refractivity contribution in [3.8, 4) is 11.5 Å². The first-order valence-corrected chi connectivity index (χ1v) is 11.1. The molecule has 0 spiro atoms. The van der Waals surface area contributed by atoms with Gasteiger partial charge in [0, 0.05) is 43.3 Å². The van der Waals surface area contributed by atoms with Crippen molar-refractivity contribution in [2.24, 2.45) is 0 Å². The number of benzene rings is 2. The molecule has 0 fully saturated rings. The third kappa shape index (κ3) is 4.77. The van der Waals surface area contributed by atoms with Crippen molar-refractivity contribution in [1.29, 1.82) is 0 Å². The van der Waals surface area contributed by atoms with Crippen molar-refractivity contribution in [3.63, 3.8) is 0 Å². The molecule has 0 saturated heterocycles. The molecular weight excluding hydrogens is 418 g/mol. The van der Waals surface area contributed by atoms with E-state index < -0.39 is 10.0 Å². The Balaban J connectivity index is 1.45. The summed E-state index contributed by atoms with van der Waals surface area (Å²) in [6, 6.07) is 14.5. The minimum absolute atomic E-state index is 0.0639. The number of carbonyl (C=O) groups is 1. The smallest absolute Gasteiger partial charge is 0.262 e. The zero-order valence-corrected chi connectivity index (χ0v) is 17.6. The Morgan fingerprint density at radius 3 is 2.39 bits per heavy atom. The van der Waals surface area contributed by atoms with Crippen LogP contribution in [0.5, 0.6) is 11.5 Å².